The topological polar surface area (TPSA) is 57.7 Å². The van der Waals surface area contributed by atoms with Crippen LogP contribution >= 0.6 is 0 Å². The van der Waals surface area contributed by atoms with Crippen LogP contribution in [-0.2, 0) is 4.79 Å². The molecule has 0 aromatic heterocycles. The molecular weight excluding hydrogens is 304 g/mol. The second kappa shape index (κ2) is 5.30. The number of benzene rings is 2. The van der Waals surface area contributed by atoms with Gasteiger partial charge in [0.1, 0.15) is 0 Å². The van der Waals surface area contributed by atoms with Crippen LogP contribution < -0.4 is 9.80 Å². The lowest BCUT2D eigenvalue weighted by Crippen LogP contribution is -2.31. The number of hydrogen-bond donors (Lipinski definition) is 0. The molecule has 24 heavy (non-hydrogen) atoms. The molecule has 2 aliphatic rings. The Morgan fingerprint density at radius 1 is 0.833 bits per heavy atom. The molecule has 0 atom stereocenters. The Hall–Kier alpha value is -2.95. The normalized spacial score (nSPS) is 17.0. The van der Waals surface area contributed by atoms with Crippen molar-refractivity contribution in [2.75, 3.05) is 16.3 Å². The van der Waals surface area contributed by atoms with E-state index in [1.807, 2.05) is 13.0 Å². The second-order valence-electron chi connectivity index (χ2n) is 6.06. The minimum atomic E-state index is -0.316. The van der Waals surface area contributed by atoms with Crippen LogP contribution in [0.3, 0.4) is 0 Å². The highest BCUT2D eigenvalue weighted by Gasteiger charge is 2.37. The zero-order chi connectivity index (χ0) is 16.8. The molecule has 1 fully saturated rings. The molecule has 0 spiro atoms. The Morgan fingerprint density at radius 2 is 1.46 bits per heavy atom. The highest BCUT2D eigenvalue weighted by atomic mass is 16.2. The predicted molar refractivity (Wildman–Crippen MR) is 90.3 cm³/mol. The molecule has 5 heteroatoms. The first-order valence-corrected chi connectivity index (χ1v) is 7.97. The van der Waals surface area contributed by atoms with Crippen molar-refractivity contribution in [3.63, 3.8) is 0 Å². The van der Waals surface area contributed by atoms with Gasteiger partial charge in [-0.15, -0.1) is 0 Å². The van der Waals surface area contributed by atoms with Crippen LogP contribution in [0.5, 0.6) is 0 Å². The number of fused-ring (bicyclic) bond motifs is 1. The van der Waals surface area contributed by atoms with Gasteiger partial charge in [0.05, 0.1) is 16.8 Å². The summed E-state index contributed by atoms with van der Waals surface area (Å²) < 4.78 is 0. The maximum atomic E-state index is 12.7. The van der Waals surface area contributed by atoms with Gasteiger partial charge in [-0.1, -0.05) is 18.2 Å². The van der Waals surface area contributed by atoms with Crippen molar-refractivity contribution in [3.05, 3.63) is 59.2 Å². The number of hydrogen-bond acceptors (Lipinski definition) is 3. The number of rotatable bonds is 2. The van der Waals surface area contributed by atoms with E-state index in [-0.39, 0.29) is 17.7 Å². The lowest BCUT2D eigenvalue weighted by molar-refractivity contribution is -0.117. The fourth-order valence-electron chi connectivity index (χ4n) is 3.46. The molecule has 0 bridgehead atoms. The monoisotopic (exact) mass is 320 g/mol. The van der Waals surface area contributed by atoms with Crippen LogP contribution in [0.4, 0.5) is 11.4 Å². The van der Waals surface area contributed by atoms with Crippen molar-refractivity contribution >= 4 is 29.1 Å². The first kappa shape index (κ1) is 14.6. The number of carbonyl (C=O) groups excluding carboxylic acids is 3. The van der Waals surface area contributed by atoms with Crippen molar-refractivity contribution in [1.82, 2.24) is 0 Å². The summed E-state index contributed by atoms with van der Waals surface area (Å²) in [5.41, 5.74) is 2.92. The Kier molecular flexibility index (Phi) is 3.23. The van der Waals surface area contributed by atoms with Crippen molar-refractivity contribution in [1.29, 1.82) is 0 Å². The fraction of sp³-hybridized carbons (Fsp3) is 0.211. The standard InChI is InChI=1S/C19H16N2O3/c1-12-15(20-11-5-10-17(20)22)8-4-9-16(12)21-18(23)13-6-2-3-7-14(13)19(21)24/h2-4,6-9H,5,10-11H2,1H3. The van der Waals surface area contributed by atoms with Gasteiger partial charge in [0.25, 0.3) is 11.8 Å². The average Bonchev–Trinajstić information content (AvgIpc) is 3.11. The van der Waals surface area contributed by atoms with Crippen LogP contribution in [0.15, 0.2) is 42.5 Å². The van der Waals surface area contributed by atoms with E-state index in [1.54, 1.807) is 41.3 Å². The molecule has 0 unspecified atom stereocenters. The van der Waals surface area contributed by atoms with Crippen LogP contribution in [0, 0.1) is 6.92 Å². The zero-order valence-electron chi connectivity index (χ0n) is 13.3. The second-order valence-corrected chi connectivity index (χ2v) is 6.06. The molecule has 0 radical (unpaired) electrons. The third-order valence-electron chi connectivity index (χ3n) is 4.68. The lowest BCUT2D eigenvalue weighted by atomic mass is 10.1. The van der Waals surface area contributed by atoms with Crippen molar-refractivity contribution in [2.45, 2.75) is 19.8 Å². The van der Waals surface area contributed by atoms with E-state index in [0.717, 1.165) is 17.7 Å². The van der Waals surface area contributed by atoms with Gasteiger partial charge in [-0.2, -0.15) is 0 Å². The molecule has 2 aliphatic heterocycles. The molecule has 0 saturated carbocycles. The smallest absolute Gasteiger partial charge is 0.266 e. The van der Waals surface area contributed by atoms with Gasteiger partial charge in [-0.05, 0) is 43.2 Å². The van der Waals surface area contributed by atoms with E-state index in [9.17, 15) is 14.4 Å². The van der Waals surface area contributed by atoms with Crippen LogP contribution in [0.1, 0.15) is 39.1 Å². The van der Waals surface area contributed by atoms with E-state index in [2.05, 4.69) is 0 Å². The summed E-state index contributed by atoms with van der Waals surface area (Å²) in [5, 5.41) is 0. The third kappa shape index (κ3) is 1.98. The van der Waals surface area contributed by atoms with Crippen molar-refractivity contribution in [2.24, 2.45) is 0 Å². The zero-order valence-corrected chi connectivity index (χ0v) is 13.3. The highest BCUT2D eigenvalue weighted by Crippen LogP contribution is 2.35. The van der Waals surface area contributed by atoms with Crippen LogP contribution in [0.2, 0.25) is 0 Å². The van der Waals surface area contributed by atoms with E-state index < -0.39 is 0 Å². The summed E-state index contributed by atoms with van der Waals surface area (Å²) in [4.78, 5) is 40.4. The summed E-state index contributed by atoms with van der Waals surface area (Å²) in [7, 11) is 0. The summed E-state index contributed by atoms with van der Waals surface area (Å²) >= 11 is 0. The van der Waals surface area contributed by atoms with Gasteiger partial charge >= 0.3 is 0 Å². The fourth-order valence-corrected chi connectivity index (χ4v) is 3.46. The number of anilines is 2. The van der Waals surface area contributed by atoms with E-state index >= 15 is 0 Å². The van der Waals surface area contributed by atoms with Gasteiger partial charge < -0.3 is 4.90 Å². The van der Waals surface area contributed by atoms with Gasteiger partial charge in [0, 0.05) is 18.7 Å². The summed E-state index contributed by atoms with van der Waals surface area (Å²) in [5.74, 6) is -0.551. The number of imide groups is 1. The maximum Gasteiger partial charge on any atom is 0.266 e. The maximum absolute atomic E-state index is 12.7. The molecule has 2 heterocycles. The summed E-state index contributed by atoms with van der Waals surface area (Å²) in [6, 6.07) is 12.2. The van der Waals surface area contributed by atoms with Crippen molar-refractivity contribution in [3.8, 4) is 0 Å². The molecular formula is C19H16N2O3. The molecule has 0 N–H and O–H groups in total. The minimum Gasteiger partial charge on any atom is -0.312 e. The van der Waals surface area contributed by atoms with E-state index in [1.165, 1.54) is 4.90 Å². The Labute approximate surface area is 139 Å². The third-order valence-corrected chi connectivity index (χ3v) is 4.68. The average molecular weight is 320 g/mol. The van der Waals surface area contributed by atoms with Gasteiger partial charge in [0.2, 0.25) is 5.91 Å². The Morgan fingerprint density at radius 3 is 2.04 bits per heavy atom. The van der Waals surface area contributed by atoms with E-state index in [0.29, 0.717) is 29.8 Å². The largest absolute Gasteiger partial charge is 0.312 e. The van der Waals surface area contributed by atoms with Crippen LogP contribution in [0.25, 0.3) is 0 Å². The first-order chi connectivity index (χ1) is 11.6. The molecule has 4 rings (SSSR count). The van der Waals surface area contributed by atoms with Gasteiger partial charge in [-0.3, -0.25) is 14.4 Å². The Bertz CT molecular complexity index is 853. The Balaban J connectivity index is 1.80. The molecule has 5 nitrogen and oxygen atoms in total. The van der Waals surface area contributed by atoms with Crippen molar-refractivity contribution < 1.29 is 14.4 Å². The summed E-state index contributed by atoms with van der Waals surface area (Å²) in [6.07, 6.45) is 1.37. The first-order valence-electron chi connectivity index (χ1n) is 7.97. The number of nitrogens with zero attached hydrogens (tertiary/aromatic N) is 2. The number of amides is 3. The van der Waals surface area contributed by atoms with Gasteiger partial charge in [-0.25, -0.2) is 4.90 Å². The quantitative estimate of drug-likeness (QED) is 0.800. The SMILES string of the molecule is Cc1c(N2CCCC2=O)cccc1N1C(=O)c2ccccc2C1=O. The predicted octanol–water partition coefficient (Wildman–Crippen LogP) is 2.92. The van der Waals surface area contributed by atoms with E-state index in [4.69, 9.17) is 0 Å². The molecule has 0 aliphatic carbocycles. The molecule has 2 aromatic carbocycles. The number of carbonyl (C=O) groups is 3. The minimum absolute atomic E-state index is 0.0811. The summed E-state index contributed by atoms with van der Waals surface area (Å²) in [6.45, 7) is 2.52. The van der Waals surface area contributed by atoms with Gasteiger partial charge in [0.15, 0.2) is 0 Å². The highest BCUT2D eigenvalue weighted by molar-refractivity contribution is 6.34. The van der Waals surface area contributed by atoms with Crippen LogP contribution in [-0.4, -0.2) is 24.3 Å². The molecule has 3 amide bonds. The molecule has 120 valence electrons. The lowest BCUT2D eigenvalue weighted by Gasteiger charge is -2.23. The molecule has 1 saturated heterocycles. The molecule has 2 aromatic rings.